The summed E-state index contributed by atoms with van der Waals surface area (Å²) < 4.78 is 0. The van der Waals surface area contributed by atoms with E-state index in [-0.39, 0.29) is 11.3 Å². The summed E-state index contributed by atoms with van der Waals surface area (Å²) in [6, 6.07) is 14.7. The minimum Gasteiger partial charge on any atom is -0.507 e. The second-order valence-electron chi connectivity index (χ2n) is 8.48. The average Bonchev–Trinajstić information content (AvgIpc) is 2.97. The van der Waals surface area contributed by atoms with Crippen molar-refractivity contribution in [2.75, 3.05) is 27.2 Å². The van der Waals surface area contributed by atoms with Crippen molar-refractivity contribution in [1.29, 1.82) is 0 Å². The molecule has 1 amide bonds. The van der Waals surface area contributed by atoms with Crippen LogP contribution in [0, 0.1) is 6.92 Å². The number of benzene rings is 2. The van der Waals surface area contributed by atoms with Crippen LogP contribution in [0.4, 0.5) is 0 Å². The first-order valence-corrected chi connectivity index (χ1v) is 10.3. The Hall–Kier alpha value is -2.92. The number of hydrogen-bond acceptors (Lipinski definition) is 4. The van der Waals surface area contributed by atoms with Gasteiger partial charge in [0.1, 0.15) is 5.76 Å². The Bertz CT molecular complexity index is 957. The van der Waals surface area contributed by atoms with E-state index in [1.165, 1.54) is 5.56 Å². The van der Waals surface area contributed by atoms with Crippen LogP contribution in [0.3, 0.4) is 0 Å². The molecule has 1 fully saturated rings. The van der Waals surface area contributed by atoms with Crippen LogP contribution in [0.25, 0.3) is 5.76 Å². The number of likely N-dealkylation sites (N-methyl/N-ethyl adjacent to an activating group) is 1. The van der Waals surface area contributed by atoms with Crippen molar-refractivity contribution >= 4 is 17.4 Å². The zero-order valence-corrected chi connectivity index (χ0v) is 18.3. The smallest absolute Gasteiger partial charge is 0.295 e. The number of nitrogens with zero attached hydrogens (tertiary/aromatic N) is 2. The molecule has 0 unspecified atom stereocenters. The molecule has 2 aromatic rings. The van der Waals surface area contributed by atoms with Gasteiger partial charge in [-0.3, -0.25) is 9.59 Å². The zero-order valence-electron chi connectivity index (χ0n) is 18.3. The number of aliphatic hydroxyl groups excluding tert-OH is 1. The van der Waals surface area contributed by atoms with Crippen molar-refractivity contribution < 1.29 is 14.7 Å². The Morgan fingerprint density at radius 2 is 1.63 bits per heavy atom. The molecule has 5 nitrogen and oxygen atoms in total. The maximum absolute atomic E-state index is 13.0. The molecule has 2 aromatic carbocycles. The number of carbonyl (C=O) groups is 2. The Balaban J connectivity index is 2.12. The lowest BCUT2D eigenvalue weighted by Crippen LogP contribution is -2.35. The number of carbonyl (C=O) groups excluding carboxylic acids is 2. The van der Waals surface area contributed by atoms with Crippen LogP contribution in [0.5, 0.6) is 0 Å². The number of amides is 1. The Labute approximate surface area is 178 Å². The summed E-state index contributed by atoms with van der Waals surface area (Å²) in [4.78, 5) is 29.4. The van der Waals surface area contributed by atoms with Gasteiger partial charge in [0.2, 0.25) is 0 Å². The summed E-state index contributed by atoms with van der Waals surface area (Å²) >= 11 is 0. The highest BCUT2D eigenvalue weighted by Gasteiger charge is 2.45. The minimum atomic E-state index is -0.634. The fourth-order valence-electron chi connectivity index (χ4n) is 3.70. The van der Waals surface area contributed by atoms with E-state index in [2.05, 4.69) is 13.8 Å². The van der Waals surface area contributed by atoms with Gasteiger partial charge < -0.3 is 14.9 Å². The molecule has 158 valence electrons. The van der Waals surface area contributed by atoms with Crippen LogP contribution < -0.4 is 0 Å². The fraction of sp³-hybridized carbons (Fsp3) is 0.360. The summed E-state index contributed by atoms with van der Waals surface area (Å²) in [5.74, 6) is -0.946. The van der Waals surface area contributed by atoms with Crippen LogP contribution >= 0.6 is 0 Å². The van der Waals surface area contributed by atoms with E-state index in [4.69, 9.17) is 0 Å². The van der Waals surface area contributed by atoms with Gasteiger partial charge in [-0.05, 0) is 38.1 Å². The molecule has 1 aliphatic rings. The number of Topliss-reactive ketones (excluding diaryl/α,β-unsaturated/α-hetero) is 1. The number of aliphatic hydroxyl groups is 1. The monoisotopic (exact) mass is 406 g/mol. The highest BCUT2D eigenvalue weighted by molar-refractivity contribution is 6.46. The van der Waals surface area contributed by atoms with Crippen LogP contribution in [0.15, 0.2) is 54.1 Å². The summed E-state index contributed by atoms with van der Waals surface area (Å²) in [5.41, 5.74) is 3.75. The largest absolute Gasteiger partial charge is 0.507 e. The number of likely N-dealkylation sites (tertiary alicyclic amines) is 1. The molecule has 0 aromatic heterocycles. The second kappa shape index (κ2) is 8.84. The van der Waals surface area contributed by atoms with Gasteiger partial charge in [0.25, 0.3) is 11.7 Å². The first-order chi connectivity index (χ1) is 14.2. The minimum absolute atomic E-state index is 0.126. The highest BCUT2D eigenvalue weighted by atomic mass is 16.3. The number of aryl methyl sites for hydroxylation is 1. The van der Waals surface area contributed by atoms with Crippen molar-refractivity contribution in [3.05, 3.63) is 76.4 Å². The van der Waals surface area contributed by atoms with Crippen LogP contribution in [0.2, 0.25) is 0 Å². The molecule has 30 heavy (non-hydrogen) atoms. The highest BCUT2D eigenvalue weighted by Crippen LogP contribution is 2.39. The molecule has 3 rings (SSSR count). The van der Waals surface area contributed by atoms with E-state index in [0.29, 0.717) is 24.6 Å². The van der Waals surface area contributed by atoms with E-state index in [0.717, 1.165) is 11.1 Å². The third-order valence-electron chi connectivity index (χ3n) is 5.57. The summed E-state index contributed by atoms with van der Waals surface area (Å²) in [5, 5.41) is 11.0. The van der Waals surface area contributed by atoms with E-state index >= 15 is 0 Å². The zero-order chi connectivity index (χ0) is 22.0. The molecule has 0 radical (unpaired) electrons. The van der Waals surface area contributed by atoms with Crippen molar-refractivity contribution in [1.82, 2.24) is 9.80 Å². The molecule has 1 N–H and O–H groups in total. The van der Waals surface area contributed by atoms with E-state index in [1.807, 2.05) is 62.3 Å². The topological polar surface area (TPSA) is 60.9 Å². The third-order valence-corrected chi connectivity index (χ3v) is 5.57. The van der Waals surface area contributed by atoms with Gasteiger partial charge in [0.15, 0.2) is 0 Å². The van der Waals surface area contributed by atoms with Gasteiger partial charge in [-0.2, -0.15) is 0 Å². The van der Waals surface area contributed by atoms with Gasteiger partial charge >= 0.3 is 0 Å². The molecule has 0 bridgehead atoms. The Morgan fingerprint density at radius 3 is 2.17 bits per heavy atom. The molecule has 5 heteroatoms. The number of ketones is 1. The van der Waals surface area contributed by atoms with Gasteiger partial charge in [-0.15, -0.1) is 0 Å². The maximum atomic E-state index is 13.0. The summed E-state index contributed by atoms with van der Waals surface area (Å²) in [6.45, 7) is 7.22. The molecule has 0 aliphatic carbocycles. The quantitative estimate of drug-likeness (QED) is 0.446. The lowest BCUT2D eigenvalue weighted by molar-refractivity contribution is -0.140. The van der Waals surface area contributed by atoms with Gasteiger partial charge in [-0.1, -0.05) is 67.9 Å². The number of hydrogen-bond donors (Lipinski definition) is 1. The van der Waals surface area contributed by atoms with E-state index in [9.17, 15) is 14.7 Å². The van der Waals surface area contributed by atoms with Gasteiger partial charge in [0, 0.05) is 18.7 Å². The Morgan fingerprint density at radius 1 is 1.03 bits per heavy atom. The van der Waals surface area contributed by atoms with Crippen LogP contribution in [-0.2, 0) is 9.59 Å². The fourth-order valence-corrected chi connectivity index (χ4v) is 3.70. The normalized spacial score (nSPS) is 18.6. The van der Waals surface area contributed by atoms with E-state index in [1.54, 1.807) is 17.0 Å². The Kier molecular flexibility index (Phi) is 6.42. The molecule has 0 saturated carbocycles. The number of rotatable bonds is 6. The lowest BCUT2D eigenvalue weighted by Gasteiger charge is -2.27. The molecular formula is C25H30N2O3. The first-order valence-electron chi connectivity index (χ1n) is 10.3. The summed E-state index contributed by atoms with van der Waals surface area (Å²) in [6.07, 6.45) is 0. The second-order valence-corrected chi connectivity index (χ2v) is 8.48. The molecule has 0 spiro atoms. The van der Waals surface area contributed by atoms with Crippen molar-refractivity contribution in [3.63, 3.8) is 0 Å². The van der Waals surface area contributed by atoms with Crippen molar-refractivity contribution in [2.24, 2.45) is 0 Å². The molecule has 1 saturated heterocycles. The lowest BCUT2D eigenvalue weighted by atomic mass is 9.93. The maximum Gasteiger partial charge on any atom is 0.295 e. The average molecular weight is 407 g/mol. The summed E-state index contributed by atoms with van der Waals surface area (Å²) in [7, 11) is 3.85. The molecule has 1 heterocycles. The predicted octanol–water partition coefficient (Wildman–Crippen LogP) is 4.10. The van der Waals surface area contributed by atoms with Crippen molar-refractivity contribution in [3.8, 4) is 0 Å². The molecule has 1 atom stereocenters. The van der Waals surface area contributed by atoms with Crippen LogP contribution in [-0.4, -0.2) is 53.8 Å². The standard InChI is InChI=1S/C25H30N2O3/c1-16(2)18-10-12-19(13-11-18)22-21(23(28)20-8-6-17(3)7-9-20)24(29)25(30)27(22)15-14-26(4)5/h6-13,16,22,28H,14-15H2,1-5H3/b23-21+/t22-/m0/s1. The molecule has 1 aliphatic heterocycles. The SMILES string of the molecule is Cc1ccc(/C(O)=C2\C(=O)C(=O)N(CCN(C)C)[C@H]2c2ccc(C(C)C)cc2)cc1. The first kappa shape index (κ1) is 21.8. The molecular weight excluding hydrogens is 376 g/mol. The van der Waals surface area contributed by atoms with Gasteiger partial charge in [0.05, 0.1) is 11.6 Å². The predicted molar refractivity (Wildman–Crippen MR) is 119 cm³/mol. The van der Waals surface area contributed by atoms with Crippen LogP contribution in [0.1, 0.15) is 48.1 Å². The van der Waals surface area contributed by atoms with Gasteiger partial charge in [-0.25, -0.2) is 0 Å². The van der Waals surface area contributed by atoms with E-state index < -0.39 is 17.7 Å². The van der Waals surface area contributed by atoms with Crippen molar-refractivity contribution in [2.45, 2.75) is 32.7 Å². The third kappa shape index (κ3) is 4.31.